The van der Waals surface area contributed by atoms with E-state index >= 15 is 0 Å². The number of hydrogen-bond donors (Lipinski definition) is 2. The van der Waals surface area contributed by atoms with Crippen molar-refractivity contribution in [1.29, 1.82) is 0 Å². The third kappa shape index (κ3) is 4.55. The Morgan fingerprint density at radius 2 is 1.75 bits per heavy atom. The van der Waals surface area contributed by atoms with Gasteiger partial charge >= 0.3 is 5.97 Å². The lowest BCUT2D eigenvalue weighted by Gasteiger charge is -2.21. The van der Waals surface area contributed by atoms with E-state index in [9.17, 15) is 4.79 Å². The predicted molar refractivity (Wildman–Crippen MR) is 82.5 cm³/mol. The van der Waals surface area contributed by atoms with E-state index < -0.39 is 0 Å². The number of ether oxygens (including phenoxy) is 1. The third-order valence-electron chi connectivity index (χ3n) is 3.65. The van der Waals surface area contributed by atoms with Crippen LogP contribution in [0.3, 0.4) is 0 Å². The highest BCUT2D eigenvalue weighted by Crippen LogP contribution is 2.24. The standard InChI is InChI=1S/C14H20O4S2/c15-14(11-4-2-6-13(8-11)18-20)16-9-10-3-1-5-12(7-10)17-19/h7-8,12-13,19-20H,1-6,9H2. The molecule has 0 aromatic carbocycles. The van der Waals surface area contributed by atoms with Crippen LogP contribution in [-0.2, 0) is 17.9 Å². The summed E-state index contributed by atoms with van der Waals surface area (Å²) in [5.74, 6) is -0.255. The fraction of sp³-hybridized carbons (Fsp3) is 0.643. The average Bonchev–Trinajstić information content (AvgIpc) is 2.52. The molecule has 2 aliphatic rings. The zero-order chi connectivity index (χ0) is 14.4. The molecule has 0 bridgehead atoms. The number of carbonyl (C=O) groups excluding carboxylic acids is 1. The third-order valence-corrected chi connectivity index (χ3v) is 4.19. The summed E-state index contributed by atoms with van der Waals surface area (Å²) in [6.45, 7) is 0.330. The van der Waals surface area contributed by atoms with Gasteiger partial charge in [-0.1, -0.05) is 6.08 Å². The molecule has 2 aliphatic carbocycles. The minimum atomic E-state index is -0.255. The summed E-state index contributed by atoms with van der Waals surface area (Å²) in [6.07, 6.45) is 9.25. The molecule has 0 aliphatic heterocycles. The molecular formula is C14H20O4S2. The van der Waals surface area contributed by atoms with E-state index in [1.807, 2.05) is 12.2 Å². The molecule has 4 nitrogen and oxygen atoms in total. The molecule has 2 unspecified atom stereocenters. The number of rotatable bonds is 5. The Morgan fingerprint density at radius 1 is 1.10 bits per heavy atom. The maximum absolute atomic E-state index is 12.0. The first kappa shape index (κ1) is 15.9. The van der Waals surface area contributed by atoms with Crippen molar-refractivity contribution in [3.8, 4) is 0 Å². The van der Waals surface area contributed by atoms with E-state index in [4.69, 9.17) is 13.1 Å². The van der Waals surface area contributed by atoms with E-state index in [2.05, 4.69) is 25.8 Å². The van der Waals surface area contributed by atoms with Gasteiger partial charge in [0.05, 0.1) is 12.2 Å². The molecule has 0 N–H and O–H groups in total. The van der Waals surface area contributed by atoms with Crippen LogP contribution in [0.1, 0.15) is 38.5 Å². The van der Waals surface area contributed by atoms with Crippen LogP contribution < -0.4 is 0 Å². The van der Waals surface area contributed by atoms with Gasteiger partial charge < -0.3 is 13.1 Å². The normalized spacial score (nSPS) is 26.7. The van der Waals surface area contributed by atoms with Crippen molar-refractivity contribution in [2.75, 3.05) is 6.61 Å². The lowest BCUT2D eigenvalue weighted by molar-refractivity contribution is -0.138. The van der Waals surface area contributed by atoms with Crippen molar-refractivity contribution >= 4 is 31.8 Å². The molecule has 0 aromatic rings. The highest BCUT2D eigenvalue weighted by atomic mass is 32.1. The first-order valence-corrected chi connectivity index (χ1v) is 7.63. The Hall–Kier alpha value is -0.430. The van der Waals surface area contributed by atoms with Crippen LogP contribution in [0.2, 0.25) is 0 Å². The van der Waals surface area contributed by atoms with Gasteiger partial charge in [0.2, 0.25) is 0 Å². The fourth-order valence-electron chi connectivity index (χ4n) is 2.55. The van der Waals surface area contributed by atoms with Crippen molar-refractivity contribution in [2.24, 2.45) is 0 Å². The summed E-state index contributed by atoms with van der Waals surface area (Å²) in [4.78, 5) is 12.0. The van der Waals surface area contributed by atoms with Gasteiger partial charge in [-0.3, -0.25) is 0 Å². The van der Waals surface area contributed by atoms with Gasteiger partial charge in [-0.15, -0.1) is 0 Å². The lowest BCUT2D eigenvalue weighted by atomic mass is 9.97. The Labute approximate surface area is 130 Å². The molecule has 0 aromatic heterocycles. The van der Waals surface area contributed by atoms with Crippen molar-refractivity contribution in [2.45, 2.75) is 50.7 Å². The van der Waals surface area contributed by atoms with E-state index in [0.717, 1.165) is 44.1 Å². The topological polar surface area (TPSA) is 44.8 Å². The van der Waals surface area contributed by atoms with Crippen molar-refractivity contribution in [1.82, 2.24) is 0 Å². The minimum Gasteiger partial charge on any atom is -0.458 e. The largest absolute Gasteiger partial charge is 0.458 e. The maximum atomic E-state index is 12.0. The number of thiol groups is 2. The maximum Gasteiger partial charge on any atom is 0.334 e. The summed E-state index contributed by atoms with van der Waals surface area (Å²) in [6, 6.07) is 0. The van der Waals surface area contributed by atoms with Gasteiger partial charge in [-0.05, 0) is 76.0 Å². The quantitative estimate of drug-likeness (QED) is 0.354. The molecule has 0 fully saturated rings. The highest BCUT2D eigenvalue weighted by molar-refractivity contribution is 7.75. The molecular weight excluding hydrogens is 296 g/mol. The van der Waals surface area contributed by atoms with Gasteiger partial charge in [0.15, 0.2) is 0 Å². The van der Waals surface area contributed by atoms with Crippen LogP contribution in [0, 0.1) is 0 Å². The minimum absolute atomic E-state index is 0.0247. The summed E-state index contributed by atoms with van der Waals surface area (Å²) in [5.41, 5.74) is 1.79. The first-order chi connectivity index (χ1) is 9.72. The van der Waals surface area contributed by atoms with Crippen molar-refractivity contribution in [3.05, 3.63) is 23.3 Å². The average molecular weight is 316 g/mol. The van der Waals surface area contributed by atoms with E-state index in [1.54, 1.807) is 0 Å². The summed E-state index contributed by atoms with van der Waals surface area (Å²) < 4.78 is 15.4. The van der Waals surface area contributed by atoms with E-state index in [1.165, 1.54) is 0 Å². The molecule has 112 valence electrons. The number of hydrogen-bond acceptors (Lipinski definition) is 6. The fourth-order valence-corrected chi connectivity index (χ4v) is 2.88. The summed E-state index contributed by atoms with van der Waals surface area (Å²) in [7, 11) is 0. The van der Waals surface area contributed by atoms with Crippen LogP contribution in [0.4, 0.5) is 0 Å². The zero-order valence-corrected chi connectivity index (χ0v) is 13.1. The monoisotopic (exact) mass is 316 g/mol. The van der Waals surface area contributed by atoms with Crippen molar-refractivity contribution in [3.63, 3.8) is 0 Å². The predicted octanol–water partition coefficient (Wildman–Crippen LogP) is 3.21. The van der Waals surface area contributed by atoms with Crippen LogP contribution >= 0.6 is 25.8 Å². The summed E-state index contributed by atoms with van der Waals surface area (Å²) >= 11 is 7.64. The SMILES string of the molecule is O=C(OCC1=CC(OS)CCC1)C1=CC(OS)CCC1. The van der Waals surface area contributed by atoms with Gasteiger partial charge in [0.1, 0.15) is 6.61 Å². The number of carbonyl (C=O) groups is 1. The Bertz CT molecular complexity index is 406. The number of esters is 1. The smallest absolute Gasteiger partial charge is 0.334 e. The second kappa shape index (κ2) is 8.12. The Kier molecular flexibility index (Phi) is 6.48. The Morgan fingerprint density at radius 3 is 2.45 bits per heavy atom. The molecule has 6 heteroatoms. The summed E-state index contributed by atoms with van der Waals surface area (Å²) in [5, 5.41) is 0. The van der Waals surface area contributed by atoms with Crippen LogP contribution in [-0.4, -0.2) is 24.8 Å². The lowest BCUT2D eigenvalue weighted by Crippen LogP contribution is -2.19. The van der Waals surface area contributed by atoms with Gasteiger partial charge in [-0.25, -0.2) is 4.79 Å². The Balaban J connectivity index is 1.86. The van der Waals surface area contributed by atoms with Crippen LogP contribution in [0.15, 0.2) is 23.3 Å². The second-order valence-electron chi connectivity index (χ2n) is 5.17. The van der Waals surface area contributed by atoms with E-state index in [0.29, 0.717) is 12.2 Å². The molecule has 0 spiro atoms. The van der Waals surface area contributed by atoms with Gasteiger partial charge in [-0.2, -0.15) is 0 Å². The zero-order valence-electron chi connectivity index (χ0n) is 11.3. The first-order valence-electron chi connectivity index (χ1n) is 6.90. The molecule has 0 saturated heterocycles. The van der Waals surface area contributed by atoms with Crippen LogP contribution in [0.25, 0.3) is 0 Å². The van der Waals surface area contributed by atoms with E-state index in [-0.39, 0.29) is 18.2 Å². The molecule has 2 rings (SSSR count). The molecule has 0 heterocycles. The van der Waals surface area contributed by atoms with Gasteiger partial charge in [0, 0.05) is 5.57 Å². The molecule has 20 heavy (non-hydrogen) atoms. The van der Waals surface area contributed by atoms with Crippen molar-refractivity contribution < 1.29 is 17.9 Å². The van der Waals surface area contributed by atoms with Gasteiger partial charge in [0.25, 0.3) is 0 Å². The highest BCUT2D eigenvalue weighted by Gasteiger charge is 2.20. The molecule has 0 radical (unpaired) electrons. The molecule has 0 amide bonds. The molecule has 0 saturated carbocycles. The van der Waals surface area contributed by atoms with Crippen LogP contribution in [0.5, 0.6) is 0 Å². The molecule has 2 atom stereocenters. The second-order valence-corrected chi connectivity index (χ2v) is 5.59.